The van der Waals surface area contributed by atoms with E-state index in [2.05, 4.69) is 0 Å². The summed E-state index contributed by atoms with van der Waals surface area (Å²) in [4.78, 5) is 48.9. The third-order valence-corrected chi connectivity index (χ3v) is 3.09. The van der Waals surface area contributed by atoms with Crippen LogP contribution in [0.25, 0.3) is 0 Å². The van der Waals surface area contributed by atoms with Gasteiger partial charge in [0.2, 0.25) is 11.8 Å². The highest BCUT2D eigenvalue weighted by atomic mass is 16.4. The molecule has 112 valence electrons. The number of amides is 4. The number of nitrogens with zero attached hydrogens (tertiary/aromatic N) is 3. The van der Waals surface area contributed by atoms with Gasteiger partial charge in [0.15, 0.2) is 0 Å². The number of rotatable bonds is 7. The molecule has 4 amide bonds. The molecule has 8 nitrogen and oxygen atoms in total. The van der Waals surface area contributed by atoms with Crippen LogP contribution < -0.4 is 0 Å². The van der Waals surface area contributed by atoms with Crippen molar-refractivity contribution in [3.05, 3.63) is 0 Å². The van der Waals surface area contributed by atoms with E-state index in [1.807, 2.05) is 0 Å². The van der Waals surface area contributed by atoms with Gasteiger partial charge in [0.1, 0.15) is 6.54 Å². The Morgan fingerprint density at radius 2 is 1.95 bits per heavy atom. The van der Waals surface area contributed by atoms with Crippen LogP contribution in [-0.4, -0.2) is 77.4 Å². The van der Waals surface area contributed by atoms with Crippen LogP contribution in [-0.2, 0) is 14.4 Å². The predicted molar refractivity (Wildman–Crippen MR) is 68.9 cm³/mol. The Bertz CT molecular complexity index is 423. The topological polar surface area (TPSA) is 98.2 Å². The first-order valence-electron chi connectivity index (χ1n) is 6.34. The molecule has 1 saturated heterocycles. The summed E-state index contributed by atoms with van der Waals surface area (Å²) in [6, 6.07) is -0.346. The molecule has 8 heteroatoms. The van der Waals surface area contributed by atoms with Gasteiger partial charge in [-0.3, -0.25) is 19.3 Å². The highest BCUT2D eigenvalue weighted by molar-refractivity contribution is 6.01. The van der Waals surface area contributed by atoms with Crippen molar-refractivity contribution in [1.29, 1.82) is 0 Å². The lowest BCUT2D eigenvalue weighted by Crippen LogP contribution is -2.34. The second kappa shape index (κ2) is 6.88. The van der Waals surface area contributed by atoms with Crippen LogP contribution in [0.15, 0.2) is 0 Å². The number of likely N-dealkylation sites (N-methyl/N-ethyl adjacent to an activating group) is 1. The Kier molecular flexibility index (Phi) is 5.48. The molecule has 0 saturated carbocycles. The number of hydrogen-bond donors (Lipinski definition) is 1. The van der Waals surface area contributed by atoms with Crippen LogP contribution in [0.3, 0.4) is 0 Å². The van der Waals surface area contributed by atoms with Crippen molar-refractivity contribution in [2.45, 2.75) is 19.3 Å². The van der Waals surface area contributed by atoms with Crippen molar-refractivity contribution in [3.63, 3.8) is 0 Å². The molecule has 0 aromatic rings. The maximum absolute atomic E-state index is 11.7. The van der Waals surface area contributed by atoms with Gasteiger partial charge in [0, 0.05) is 33.6 Å². The Balaban J connectivity index is 2.30. The summed E-state index contributed by atoms with van der Waals surface area (Å²) in [5.74, 6) is -1.41. The summed E-state index contributed by atoms with van der Waals surface area (Å²) in [6.45, 7) is 0.435. The molecule has 1 N–H and O–H groups in total. The molecule has 0 unspecified atom stereocenters. The smallest absolute Gasteiger partial charge is 0.326 e. The van der Waals surface area contributed by atoms with Crippen LogP contribution >= 0.6 is 0 Å². The fourth-order valence-corrected chi connectivity index (χ4v) is 1.86. The molecule has 0 bridgehead atoms. The summed E-state index contributed by atoms with van der Waals surface area (Å²) in [5, 5.41) is 8.52. The first-order valence-corrected chi connectivity index (χ1v) is 6.34. The molecule has 1 heterocycles. The lowest BCUT2D eigenvalue weighted by Gasteiger charge is -2.17. The third-order valence-electron chi connectivity index (χ3n) is 3.09. The van der Waals surface area contributed by atoms with Crippen LogP contribution in [0.4, 0.5) is 4.79 Å². The fourth-order valence-electron chi connectivity index (χ4n) is 1.86. The molecule has 1 aliphatic rings. The minimum Gasteiger partial charge on any atom is -0.481 e. The maximum atomic E-state index is 11.7. The second-order valence-electron chi connectivity index (χ2n) is 4.75. The van der Waals surface area contributed by atoms with Crippen LogP contribution in [0.5, 0.6) is 0 Å². The van der Waals surface area contributed by atoms with Gasteiger partial charge in [0.05, 0.1) is 6.42 Å². The van der Waals surface area contributed by atoms with Crippen LogP contribution in [0.1, 0.15) is 19.3 Å². The summed E-state index contributed by atoms with van der Waals surface area (Å²) < 4.78 is 0. The van der Waals surface area contributed by atoms with Gasteiger partial charge in [-0.2, -0.15) is 0 Å². The number of urea groups is 1. The lowest BCUT2D eigenvalue weighted by molar-refractivity contribution is -0.138. The summed E-state index contributed by atoms with van der Waals surface area (Å²) in [6.07, 6.45) is 0.453. The van der Waals surface area contributed by atoms with E-state index in [-0.39, 0.29) is 50.3 Å². The Morgan fingerprint density at radius 3 is 2.45 bits per heavy atom. The Morgan fingerprint density at radius 1 is 1.30 bits per heavy atom. The van der Waals surface area contributed by atoms with Crippen molar-refractivity contribution in [2.24, 2.45) is 0 Å². The van der Waals surface area contributed by atoms with Crippen molar-refractivity contribution in [2.75, 3.05) is 33.7 Å². The van der Waals surface area contributed by atoms with Crippen molar-refractivity contribution >= 4 is 23.8 Å². The first kappa shape index (κ1) is 15.9. The third kappa shape index (κ3) is 4.22. The highest BCUT2D eigenvalue weighted by Gasteiger charge is 2.32. The highest BCUT2D eigenvalue weighted by Crippen LogP contribution is 2.09. The van der Waals surface area contributed by atoms with E-state index < -0.39 is 5.97 Å². The number of hydrogen-bond acceptors (Lipinski definition) is 4. The number of aliphatic carboxylic acids is 1. The van der Waals surface area contributed by atoms with Gasteiger partial charge in [-0.25, -0.2) is 4.79 Å². The zero-order chi connectivity index (χ0) is 15.3. The Labute approximate surface area is 116 Å². The van der Waals surface area contributed by atoms with Gasteiger partial charge >= 0.3 is 12.0 Å². The van der Waals surface area contributed by atoms with E-state index in [9.17, 15) is 19.2 Å². The quantitative estimate of drug-likeness (QED) is 0.641. The van der Waals surface area contributed by atoms with Gasteiger partial charge in [-0.15, -0.1) is 0 Å². The number of carboxylic acid groups (broad SMARTS) is 1. The zero-order valence-electron chi connectivity index (χ0n) is 11.7. The van der Waals surface area contributed by atoms with E-state index in [4.69, 9.17) is 5.11 Å². The molecule has 1 aliphatic heterocycles. The van der Waals surface area contributed by atoms with Crippen molar-refractivity contribution in [1.82, 2.24) is 14.7 Å². The molecule has 1 fully saturated rings. The number of carbonyl (C=O) groups excluding carboxylic acids is 3. The molecular formula is C12H19N3O5. The number of carboxylic acids is 1. The van der Waals surface area contributed by atoms with Crippen molar-refractivity contribution < 1.29 is 24.3 Å². The molecule has 1 rings (SSSR count). The largest absolute Gasteiger partial charge is 0.481 e. The van der Waals surface area contributed by atoms with Gasteiger partial charge in [-0.1, -0.05) is 0 Å². The normalized spacial score (nSPS) is 14.9. The van der Waals surface area contributed by atoms with Gasteiger partial charge in [-0.05, 0) is 6.42 Å². The second-order valence-corrected chi connectivity index (χ2v) is 4.75. The van der Waals surface area contributed by atoms with Crippen LogP contribution in [0.2, 0.25) is 0 Å². The molecule has 0 aliphatic carbocycles. The maximum Gasteiger partial charge on any atom is 0.326 e. The number of carbonyl (C=O) groups is 4. The minimum absolute atomic E-state index is 0.0747. The molecule has 0 atom stereocenters. The average Bonchev–Trinajstić information content (AvgIpc) is 2.61. The van der Waals surface area contributed by atoms with E-state index in [0.29, 0.717) is 6.42 Å². The van der Waals surface area contributed by atoms with E-state index in [0.717, 1.165) is 4.90 Å². The van der Waals surface area contributed by atoms with E-state index >= 15 is 0 Å². The molecule has 0 radical (unpaired) electrons. The average molecular weight is 285 g/mol. The number of imide groups is 1. The monoisotopic (exact) mass is 285 g/mol. The molecule has 20 heavy (non-hydrogen) atoms. The zero-order valence-corrected chi connectivity index (χ0v) is 11.7. The Hall–Kier alpha value is -2.12. The molecule has 0 aromatic heterocycles. The van der Waals surface area contributed by atoms with Gasteiger partial charge in [0.25, 0.3) is 0 Å². The lowest BCUT2D eigenvalue weighted by atomic mass is 10.2. The van der Waals surface area contributed by atoms with E-state index in [1.165, 1.54) is 16.8 Å². The molecule has 0 aromatic carbocycles. The molecule has 0 spiro atoms. The van der Waals surface area contributed by atoms with Crippen LogP contribution in [0, 0.1) is 0 Å². The SMILES string of the molecule is CN(CCC(=O)O)C(=O)CCCN1C(=O)CN(C)C1=O. The summed E-state index contributed by atoms with van der Waals surface area (Å²) in [5.41, 5.74) is 0. The van der Waals surface area contributed by atoms with E-state index in [1.54, 1.807) is 7.05 Å². The summed E-state index contributed by atoms with van der Waals surface area (Å²) >= 11 is 0. The minimum atomic E-state index is -0.957. The van der Waals surface area contributed by atoms with Crippen molar-refractivity contribution in [3.8, 4) is 0 Å². The molecular weight excluding hydrogens is 266 g/mol. The summed E-state index contributed by atoms with van der Waals surface area (Å²) in [7, 11) is 3.08. The predicted octanol–water partition coefficient (Wildman–Crippen LogP) is -0.406. The van der Waals surface area contributed by atoms with Gasteiger partial charge < -0.3 is 14.9 Å². The fraction of sp³-hybridized carbons (Fsp3) is 0.667. The first-order chi connectivity index (χ1) is 9.32. The standard InChI is InChI=1S/C12H19N3O5/c1-13(7-5-11(18)19)9(16)4-3-6-15-10(17)8-14(2)12(15)20/h3-8H2,1-2H3,(H,18,19).